The van der Waals surface area contributed by atoms with Crippen molar-refractivity contribution < 1.29 is 0 Å². The van der Waals surface area contributed by atoms with Gasteiger partial charge in [-0.1, -0.05) is 218 Å². The molecule has 0 fully saturated rings. The highest BCUT2D eigenvalue weighted by Gasteiger charge is 2.45. The van der Waals surface area contributed by atoms with Crippen LogP contribution in [0.4, 0.5) is 0 Å². The number of unbranched alkanes of at least 4 members (excludes halogenated alkanes) is 20. The molecule has 2 aliphatic carbocycles. The first kappa shape index (κ1) is 46.9. The second-order valence-corrected chi connectivity index (χ2v) is 22.2. The molecule has 0 spiro atoms. The highest BCUT2D eigenvalue weighted by Crippen LogP contribution is 2.59. The molecule has 0 bridgehead atoms. The van der Waals surface area contributed by atoms with E-state index in [1.807, 2.05) is 0 Å². The van der Waals surface area contributed by atoms with Crippen molar-refractivity contribution in [3.05, 3.63) is 82.9 Å². The summed E-state index contributed by atoms with van der Waals surface area (Å²) >= 11 is 2.06. The summed E-state index contributed by atoms with van der Waals surface area (Å²) < 4.78 is 2.96. The van der Waals surface area contributed by atoms with E-state index in [0.29, 0.717) is 0 Å². The molecule has 1 aromatic heterocycles. The summed E-state index contributed by atoms with van der Waals surface area (Å²) in [4.78, 5) is 0. The normalized spacial score (nSPS) is 14.5. The predicted molar refractivity (Wildman–Crippen MR) is 282 cm³/mol. The van der Waals surface area contributed by atoms with E-state index in [2.05, 4.69) is 118 Å². The molecule has 2 unspecified atom stereocenters. The van der Waals surface area contributed by atoms with Crippen molar-refractivity contribution in [1.82, 2.24) is 0 Å². The van der Waals surface area contributed by atoms with Crippen molar-refractivity contribution in [2.24, 2.45) is 0 Å². The van der Waals surface area contributed by atoms with Gasteiger partial charge in [0.15, 0.2) is 0 Å². The highest BCUT2D eigenvalue weighted by atomic mass is 32.1. The van der Waals surface area contributed by atoms with Crippen molar-refractivity contribution in [2.75, 3.05) is 0 Å². The minimum absolute atomic E-state index is 0.0939. The molecule has 2 atom stereocenters. The average molecular weight is 873 g/mol. The number of benzene rings is 4. The molecular formula is C58H82P2S. The van der Waals surface area contributed by atoms with Crippen LogP contribution in [0.15, 0.2) is 60.7 Å². The first-order chi connectivity index (χ1) is 29.9. The van der Waals surface area contributed by atoms with Gasteiger partial charge in [0.05, 0.1) is 0 Å². The van der Waals surface area contributed by atoms with Crippen LogP contribution < -0.4 is 10.6 Å². The Morgan fingerprint density at radius 2 is 0.639 bits per heavy atom. The van der Waals surface area contributed by atoms with Gasteiger partial charge in [0.1, 0.15) is 0 Å². The fourth-order valence-electron chi connectivity index (χ4n) is 11.9. The van der Waals surface area contributed by atoms with Crippen molar-refractivity contribution >= 4 is 60.6 Å². The smallest absolute Gasteiger partial charge is 0.0361 e. The Hall–Kier alpha value is -2.04. The summed E-state index contributed by atoms with van der Waals surface area (Å²) in [5.41, 5.74) is 12.8. The van der Waals surface area contributed by atoms with E-state index in [-0.39, 0.29) is 10.8 Å². The molecule has 4 aromatic carbocycles. The first-order valence-corrected chi connectivity index (χ1v) is 27.7. The van der Waals surface area contributed by atoms with Gasteiger partial charge in [0.25, 0.3) is 0 Å². The Morgan fingerprint density at radius 3 is 0.967 bits per heavy atom. The van der Waals surface area contributed by atoms with Gasteiger partial charge < -0.3 is 0 Å². The van der Waals surface area contributed by atoms with E-state index in [0.717, 1.165) is 0 Å². The van der Waals surface area contributed by atoms with Crippen LogP contribution in [0.1, 0.15) is 230 Å². The Morgan fingerprint density at radius 1 is 0.344 bits per heavy atom. The van der Waals surface area contributed by atoms with E-state index in [1.165, 1.54) is 233 Å². The molecule has 3 heteroatoms. The second kappa shape index (κ2) is 22.7. The van der Waals surface area contributed by atoms with Crippen LogP contribution in [0.3, 0.4) is 0 Å². The Kier molecular flexibility index (Phi) is 17.5. The van der Waals surface area contributed by atoms with Crippen molar-refractivity contribution in [3.63, 3.8) is 0 Å². The quantitative estimate of drug-likeness (QED) is 0.0347. The molecule has 0 nitrogen and oxygen atoms in total. The lowest BCUT2D eigenvalue weighted by molar-refractivity contribution is 0.398. The molecule has 61 heavy (non-hydrogen) atoms. The van der Waals surface area contributed by atoms with Gasteiger partial charge in [0.2, 0.25) is 0 Å². The van der Waals surface area contributed by atoms with Crippen LogP contribution in [0.5, 0.6) is 0 Å². The van der Waals surface area contributed by atoms with Crippen LogP contribution >= 0.6 is 29.8 Å². The van der Waals surface area contributed by atoms with Crippen molar-refractivity contribution in [3.8, 4) is 22.3 Å². The summed E-state index contributed by atoms with van der Waals surface area (Å²) in [6, 6.07) is 25.6. The summed E-state index contributed by atoms with van der Waals surface area (Å²) in [6.45, 7) is 9.37. The molecule has 0 saturated carbocycles. The van der Waals surface area contributed by atoms with Gasteiger partial charge in [-0.25, -0.2) is 0 Å². The molecule has 0 aliphatic heterocycles. The fourth-order valence-corrected chi connectivity index (χ4v) is 13.6. The summed E-state index contributed by atoms with van der Waals surface area (Å²) in [5, 5.41) is 5.72. The lowest BCUT2D eigenvalue weighted by Crippen LogP contribution is -2.26. The van der Waals surface area contributed by atoms with E-state index in [1.54, 1.807) is 22.3 Å². The maximum Gasteiger partial charge on any atom is 0.0361 e. The van der Waals surface area contributed by atoms with E-state index >= 15 is 0 Å². The minimum Gasteiger partial charge on any atom is -0.135 e. The van der Waals surface area contributed by atoms with Gasteiger partial charge in [-0.2, -0.15) is 0 Å². The van der Waals surface area contributed by atoms with Gasteiger partial charge >= 0.3 is 0 Å². The molecule has 2 aliphatic rings. The zero-order valence-corrected chi connectivity index (χ0v) is 42.3. The zero-order valence-electron chi connectivity index (χ0n) is 39.1. The van der Waals surface area contributed by atoms with Crippen LogP contribution in [0.25, 0.3) is 42.4 Å². The van der Waals surface area contributed by atoms with Crippen LogP contribution in [-0.4, -0.2) is 0 Å². The minimum atomic E-state index is 0.0939. The average Bonchev–Trinajstić information content (AvgIpc) is 3.84. The van der Waals surface area contributed by atoms with Crippen LogP contribution in [0, 0.1) is 0 Å². The third-order valence-electron chi connectivity index (χ3n) is 15.3. The molecule has 0 saturated heterocycles. The number of hydrogen-bond acceptors (Lipinski definition) is 1. The number of fused-ring (bicyclic) bond motifs is 9. The topological polar surface area (TPSA) is 0 Å². The second-order valence-electron chi connectivity index (χ2n) is 19.7. The SMILES string of the molecule is CCCCCCCCC1(CCCCCCCC)c2cc(P)ccc2-c2cc3sc4cc5c(cc4c3cc21)C(CCCCCCCC)(CCCCCCCC)c1cc(P)ccc1-5. The summed E-state index contributed by atoms with van der Waals surface area (Å²) in [7, 11) is 6.12. The van der Waals surface area contributed by atoms with Crippen molar-refractivity contribution in [2.45, 2.75) is 218 Å². The molecule has 1 heterocycles. The Labute approximate surface area is 382 Å². The van der Waals surface area contributed by atoms with Gasteiger partial charge in [0, 0.05) is 31.0 Å². The first-order valence-electron chi connectivity index (χ1n) is 25.8. The number of hydrogen-bond donors (Lipinski definition) is 0. The van der Waals surface area contributed by atoms with Crippen molar-refractivity contribution in [1.29, 1.82) is 0 Å². The van der Waals surface area contributed by atoms with Crippen LogP contribution in [0.2, 0.25) is 0 Å². The molecule has 0 amide bonds. The fraction of sp³-hybridized carbons (Fsp3) is 0.586. The third kappa shape index (κ3) is 10.4. The summed E-state index contributed by atoms with van der Waals surface area (Å²) in [6.07, 6.45) is 37.7. The van der Waals surface area contributed by atoms with E-state index < -0.39 is 0 Å². The predicted octanol–water partition coefficient (Wildman–Crippen LogP) is 18.6. The Bertz CT molecular complexity index is 1990. The van der Waals surface area contributed by atoms with Crippen LogP contribution in [-0.2, 0) is 10.8 Å². The maximum absolute atomic E-state index is 3.06. The monoisotopic (exact) mass is 873 g/mol. The Balaban J connectivity index is 1.33. The van der Waals surface area contributed by atoms with E-state index in [9.17, 15) is 0 Å². The zero-order chi connectivity index (χ0) is 42.7. The third-order valence-corrected chi connectivity index (χ3v) is 17.1. The molecule has 7 rings (SSSR count). The molecule has 0 radical (unpaired) electrons. The largest absolute Gasteiger partial charge is 0.135 e. The standard InChI is InChI=1S/C58H82P2S/c1-5-9-13-17-21-25-33-57(34-26-22-18-14-10-6-2)51-37-43(59)29-31-45(51)47-41-55-49(39-53(47)57)50-40-54-48(42-56(50)61-55)46-32-30-44(60)38-52(46)58(54,35-27-23-19-15-11-7-3)36-28-24-20-16-12-8-4/h29-32,37-42H,5-28,33-36,59-60H2,1-4H3. The molecule has 5 aromatic rings. The molecule has 330 valence electrons. The summed E-state index contributed by atoms with van der Waals surface area (Å²) in [5.74, 6) is 0. The van der Waals surface area contributed by atoms with Gasteiger partial charge in [-0.05, 0) is 105 Å². The number of thiophene rings is 1. The number of rotatable bonds is 28. The lowest BCUT2D eigenvalue weighted by Gasteiger charge is -2.33. The molecular weight excluding hydrogens is 791 g/mol. The molecule has 0 N–H and O–H groups in total. The van der Waals surface area contributed by atoms with Gasteiger partial charge in [-0.3, -0.25) is 0 Å². The lowest BCUT2D eigenvalue weighted by atomic mass is 9.70. The van der Waals surface area contributed by atoms with Gasteiger partial charge in [-0.15, -0.1) is 29.8 Å². The van der Waals surface area contributed by atoms with E-state index in [4.69, 9.17) is 0 Å². The maximum atomic E-state index is 3.06. The highest BCUT2D eigenvalue weighted by molar-refractivity contribution is 7.27.